The molecule has 1 N–H and O–H groups in total. The lowest BCUT2D eigenvalue weighted by atomic mass is 10.1. The van der Waals surface area contributed by atoms with Gasteiger partial charge in [0.25, 0.3) is 15.0 Å². The molecule has 0 aromatic heterocycles. The lowest BCUT2D eigenvalue weighted by Gasteiger charge is -2.25. The number of carbonyl (C=O) groups is 1. The molecule has 0 aliphatic carbocycles. The maximum absolute atomic E-state index is 12.0. The van der Waals surface area contributed by atoms with Crippen LogP contribution in [-0.4, -0.2) is 33.6 Å². The second-order valence-corrected chi connectivity index (χ2v) is 7.30. The molecule has 106 valence electrons. The molecule has 0 fully saturated rings. The minimum atomic E-state index is -3.85. The van der Waals surface area contributed by atoms with Crippen molar-refractivity contribution >= 4 is 25.6 Å². The van der Waals surface area contributed by atoms with Gasteiger partial charge in [-0.05, 0) is 32.0 Å². The molecule has 1 rings (SSSR count). The zero-order chi connectivity index (χ0) is 14.7. The summed E-state index contributed by atoms with van der Waals surface area (Å²) in [5.41, 5.74) is -0.326. The highest BCUT2D eigenvalue weighted by atomic mass is 35.7. The fourth-order valence-electron chi connectivity index (χ4n) is 1.57. The van der Waals surface area contributed by atoms with Gasteiger partial charge < -0.3 is 10.1 Å². The highest BCUT2D eigenvalue weighted by Crippen LogP contribution is 2.16. The lowest BCUT2D eigenvalue weighted by molar-refractivity contribution is 0.0820. The van der Waals surface area contributed by atoms with E-state index in [0.29, 0.717) is 6.61 Å². The molecule has 0 aliphatic rings. The van der Waals surface area contributed by atoms with Gasteiger partial charge in [0.05, 0.1) is 17.0 Å². The van der Waals surface area contributed by atoms with Crippen LogP contribution in [-0.2, 0) is 13.8 Å². The molecule has 1 aromatic carbocycles. The lowest BCUT2D eigenvalue weighted by Crippen LogP contribution is -2.46. The standard InChI is InChI=1S/C12H16ClNO4S/c1-12(2,8-18-3)14-11(15)9-5-4-6-10(7-9)19(13,16)17/h4-7H,8H2,1-3H3,(H,14,15). The van der Waals surface area contributed by atoms with E-state index in [1.54, 1.807) is 13.8 Å². The number of methoxy groups -OCH3 is 1. The molecule has 0 atom stereocenters. The summed E-state index contributed by atoms with van der Waals surface area (Å²) in [5.74, 6) is -0.385. The molecule has 0 saturated heterocycles. The van der Waals surface area contributed by atoms with E-state index in [9.17, 15) is 13.2 Å². The van der Waals surface area contributed by atoms with Gasteiger partial charge in [-0.15, -0.1) is 0 Å². The second kappa shape index (κ2) is 5.90. The summed E-state index contributed by atoms with van der Waals surface area (Å²) in [6, 6.07) is 5.55. The highest BCUT2D eigenvalue weighted by molar-refractivity contribution is 8.13. The van der Waals surface area contributed by atoms with Crippen molar-refractivity contribution in [3.05, 3.63) is 29.8 Å². The fraction of sp³-hybridized carbons (Fsp3) is 0.417. The maximum atomic E-state index is 12.0. The molecule has 0 radical (unpaired) electrons. The van der Waals surface area contributed by atoms with Gasteiger partial charge >= 0.3 is 0 Å². The van der Waals surface area contributed by atoms with Crippen molar-refractivity contribution in [2.45, 2.75) is 24.3 Å². The van der Waals surface area contributed by atoms with E-state index < -0.39 is 14.6 Å². The Morgan fingerprint density at radius 3 is 2.58 bits per heavy atom. The number of nitrogens with one attached hydrogen (secondary N) is 1. The largest absolute Gasteiger partial charge is 0.382 e. The van der Waals surface area contributed by atoms with Gasteiger partial charge in [-0.25, -0.2) is 8.42 Å². The number of halogens is 1. The van der Waals surface area contributed by atoms with Crippen molar-refractivity contribution in [1.29, 1.82) is 0 Å². The van der Waals surface area contributed by atoms with Crippen molar-refractivity contribution < 1.29 is 17.9 Å². The summed E-state index contributed by atoms with van der Waals surface area (Å²) in [6.07, 6.45) is 0. The van der Waals surface area contributed by atoms with E-state index >= 15 is 0 Å². The minimum absolute atomic E-state index is 0.105. The molecule has 0 heterocycles. The Bertz CT molecular complexity index is 569. The van der Waals surface area contributed by atoms with Crippen molar-refractivity contribution in [3.63, 3.8) is 0 Å². The van der Waals surface area contributed by atoms with Crippen LogP contribution in [0.25, 0.3) is 0 Å². The molecule has 19 heavy (non-hydrogen) atoms. The molecule has 0 bridgehead atoms. The van der Waals surface area contributed by atoms with E-state index in [0.717, 1.165) is 0 Å². The monoisotopic (exact) mass is 305 g/mol. The molecule has 0 saturated carbocycles. The third kappa shape index (κ3) is 4.81. The number of hydrogen-bond donors (Lipinski definition) is 1. The molecule has 0 unspecified atom stereocenters. The first-order valence-corrected chi connectivity index (χ1v) is 7.83. The van der Waals surface area contributed by atoms with Gasteiger partial charge in [-0.2, -0.15) is 0 Å². The predicted molar refractivity (Wildman–Crippen MR) is 72.9 cm³/mol. The van der Waals surface area contributed by atoms with E-state index in [2.05, 4.69) is 5.32 Å². The van der Waals surface area contributed by atoms with Crippen LogP contribution >= 0.6 is 10.7 Å². The number of benzene rings is 1. The van der Waals surface area contributed by atoms with Crippen LogP contribution in [0.2, 0.25) is 0 Å². The van der Waals surface area contributed by atoms with Gasteiger partial charge in [0.2, 0.25) is 0 Å². The Balaban J connectivity index is 2.96. The molecular formula is C12H16ClNO4S. The fourth-order valence-corrected chi connectivity index (χ4v) is 2.36. The Labute approximate surface area is 117 Å². The van der Waals surface area contributed by atoms with Crippen LogP contribution in [0.1, 0.15) is 24.2 Å². The van der Waals surface area contributed by atoms with Crippen LogP contribution in [0.5, 0.6) is 0 Å². The maximum Gasteiger partial charge on any atom is 0.261 e. The topological polar surface area (TPSA) is 72.5 Å². The first-order valence-electron chi connectivity index (χ1n) is 5.52. The average molecular weight is 306 g/mol. The normalized spacial score (nSPS) is 12.2. The number of hydrogen-bond acceptors (Lipinski definition) is 4. The SMILES string of the molecule is COCC(C)(C)NC(=O)c1cccc(S(=O)(=O)Cl)c1. The molecule has 1 amide bonds. The van der Waals surface area contributed by atoms with Crippen molar-refractivity contribution in [2.75, 3.05) is 13.7 Å². The van der Waals surface area contributed by atoms with E-state index in [1.807, 2.05) is 0 Å². The highest BCUT2D eigenvalue weighted by Gasteiger charge is 2.22. The van der Waals surface area contributed by atoms with E-state index in [4.69, 9.17) is 15.4 Å². The Hall–Kier alpha value is -1.11. The third-order valence-electron chi connectivity index (χ3n) is 2.33. The van der Waals surface area contributed by atoms with Crippen LogP contribution in [0.4, 0.5) is 0 Å². The zero-order valence-electron chi connectivity index (χ0n) is 10.9. The first-order chi connectivity index (χ1) is 8.65. The number of amides is 1. The summed E-state index contributed by atoms with van der Waals surface area (Å²) in [6.45, 7) is 3.94. The van der Waals surface area contributed by atoms with Crippen LogP contribution in [0, 0.1) is 0 Å². The van der Waals surface area contributed by atoms with Crippen LogP contribution in [0.3, 0.4) is 0 Å². The van der Waals surface area contributed by atoms with Gasteiger partial charge in [0.15, 0.2) is 0 Å². The van der Waals surface area contributed by atoms with Crippen molar-refractivity contribution in [3.8, 4) is 0 Å². The summed E-state index contributed by atoms with van der Waals surface area (Å²) < 4.78 is 27.4. The molecule has 0 aliphatic heterocycles. The second-order valence-electron chi connectivity index (χ2n) is 4.74. The summed E-state index contributed by atoms with van der Waals surface area (Å²) >= 11 is 0. The number of carbonyl (C=O) groups excluding carboxylic acids is 1. The Morgan fingerprint density at radius 2 is 2.05 bits per heavy atom. The summed E-state index contributed by atoms with van der Waals surface area (Å²) in [7, 11) is 2.93. The smallest absolute Gasteiger partial charge is 0.261 e. The molecule has 0 spiro atoms. The van der Waals surface area contributed by atoms with Gasteiger partial charge in [0.1, 0.15) is 0 Å². The Morgan fingerprint density at radius 1 is 1.42 bits per heavy atom. The van der Waals surface area contributed by atoms with E-state index in [-0.39, 0.29) is 16.4 Å². The predicted octanol–water partition coefficient (Wildman–Crippen LogP) is 1.77. The molecule has 7 heteroatoms. The summed E-state index contributed by atoms with van der Waals surface area (Å²) in [5, 5.41) is 2.75. The average Bonchev–Trinajstić information content (AvgIpc) is 2.27. The van der Waals surface area contributed by atoms with Gasteiger partial charge in [0, 0.05) is 23.4 Å². The number of ether oxygens (including phenoxy) is 1. The molecule has 1 aromatic rings. The van der Waals surface area contributed by atoms with E-state index in [1.165, 1.54) is 31.4 Å². The van der Waals surface area contributed by atoms with Crippen molar-refractivity contribution in [2.24, 2.45) is 0 Å². The quantitative estimate of drug-likeness (QED) is 0.842. The summed E-state index contributed by atoms with van der Waals surface area (Å²) in [4.78, 5) is 11.9. The van der Waals surface area contributed by atoms with Crippen LogP contribution in [0.15, 0.2) is 29.2 Å². The van der Waals surface area contributed by atoms with Gasteiger partial charge in [-0.1, -0.05) is 6.07 Å². The third-order valence-corrected chi connectivity index (χ3v) is 3.69. The van der Waals surface area contributed by atoms with Crippen molar-refractivity contribution in [1.82, 2.24) is 5.32 Å². The zero-order valence-corrected chi connectivity index (χ0v) is 12.5. The Kier molecular flexibility index (Phi) is 4.95. The molecular weight excluding hydrogens is 290 g/mol. The first kappa shape index (κ1) is 15.9. The molecule has 5 nitrogen and oxygen atoms in total. The number of rotatable bonds is 5. The minimum Gasteiger partial charge on any atom is -0.382 e. The van der Waals surface area contributed by atoms with Gasteiger partial charge in [-0.3, -0.25) is 4.79 Å². The van der Waals surface area contributed by atoms with Crippen LogP contribution < -0.4 is 5.32 Å².